The average molecular weight is 351 g/mol. The van der Waals surface area contributed by atoms with Gasteiger partial charge < -0.3 is 10.2 Å². The number of hydrogen-bond acceptors (Lipinski definition) is 6. The van der Waals surface area contributed by atoms with Crippen LogP contribution in [0.25, 0.3) is 0 Å². The van der Waals surface area contributed by atoms with Gasteiger partial charge in [0.1, 0.15) is 0 Å². The molecule has 3 rings (SSSR count). The number of aromatic nitrogens is 2. The van der Waals surface area contributed by atoms with E-state index >= 15 is 0 Å². The van der Waals surface area contributed by atoms with E-state index in [9.17, 15) is 12.8 Å². The molecule has 0 bridgehead atoms. The normalized spacial score (nSPS) is 15.3. The Morgan fingerprint density at radius 1 is 1.12 bits per heavy atom. The standard InChI is InChI=1S/C15H18FN5O2S/c16-13-10-18-15(20-14(13)21-8-2-1-3-9-21)19-11-4-6-12(7-5-11)24(17,22)23/h4-7,10H,1-3,8-9H2,(H2,17,22,23)(H,18,19,20). The van der Waals surface area contributed by atoms with E-state index in [1.165, 1.54) is 12.1 Å². The molecule has 1 aliphatic heterocycles. The van der Waals surface area contributed by atoms with Gasteiger partial charge in [0.25, 0.3) is 0 Å². The van der Waals surface area contributed by atoms with Crippen LogP contribution < -0.4 is 15.4 Å². The van der Waals surface area contributed by atoms with E-state index in [4.69, 9.17) is 5.14 Å². The summed E-state index contributed by atoms with van der Waals surface area (Å²) in [6.07, 6.45) is 4.31. The molecule has 7 nitrogen and oxygen atoms in total. The molecule has 1 saturated heterocycles. The highest BCUT2D eigenvalue weighted by molar-refractivity contribution is 7.89. The number of nitrogens with two attached hydrogens (primary N) is 1. The van der Waals surface area contributed by atoms with E-state index in [2.05, 4.69) is 15.3 Å². The summed E-state index contributed by atoms with van der Waals surface area (Å²) in [7, 11) is -3.73. The van der Waals surface area contributed by atoms with Gasteiger partial charge in [-0.1, -0.05) is 0 Å². The Hall–Kier alpha value is -2.26. The first-order valence-corrected chi connectivity index (χ1v) is 9.15. The molecule has 0 amide bonds. The van der Waals surface area contributed by atoms with Crippen molar-refractivity contribution in [1.82, 2.24) is 9.97 Å². The molecule has 0 saturated carbocycles. The third-order valence-electron chi connectivity index (χ3n) is 3.82. The second kappa shape index (κ2) is 6.70. The molecular formula is C15H18FN5O2S. The number of anilines is 3. The molecule has 2 aromatic rings. The Labute approximate surface area is 139 Å². The molecule has 1 fully saturated rings. The highest BCUT2D eigenvalue weighted by Crippen LogP contribution is 2.23. The number of nitrogens with one attached hydrogen (secondary N) is 1. The third-order valence-corrected chi connectivity index (χ3v) is 4.75. The van der Waals surface area contributed by atoms with Crippen LogP contribution in [0, 0.1) is 5.82 Å². The lowest BCUT2D eigenvalue weighted by molar-refractivity contribution is 0.547. The number of rotatable bonds is 4. The summed E-state index contributed by atoms with van der Waals surface area (Å²) in [5, 5.41) is 8.00. The maximum atomic E-state index is 14.0. The van der Waals surface area contributed by atoms with E-state index < -0.39 is 15.8 Å². The molecule has 0 spiro atoms. The molecule has 128 valence electrons. The van der Waals surface area contributed by atoms with Gasteiger partial charge in [0.2, 0.25) is 16.0 Å². The summed E-state index contributed by atoms with van der Waals surface area (Å²) >= 11 is 0. The zero-order chi connectivity index (χ0) is 17.2. The fraction of sp³-hybridized carbons (Fsp3) is 0.333. The molecule has 0 atom stereocenters. The molecule has 3 N–H and O–H groups in total. The average Bonchev–Trinajstić information content (AvgIpc) is 2.57. The first-order chi connectivity index (χ1) is 11.4. The maximum Gasteiger partial charge on any atom is 0.238 e. The molecule has 1 aromatic carbocycles. The minimum atomic E-state index is -3.73. The van der Waals surface area contributed by atoms with Gasteiger partial charge in [-0.3, -0.25) is 0 Å². The number of hydrogen-bond donors (Lipinski definition) is 2. The van der Waals surface area contributed by atoms with Gasteiger partial charge in [-0.05, 0) is 43.5 Å². The molecule has 2 heterocycles. The van der Waals surface area contributed by atoms with E-state index in [-0.39, 0.29) is 16.7 Å². The van der Waals surface area contributed by atoms with Gasteiger partial charge in [-0.25, -0.2) is 22.9 Å². The van der Waals surface area contributed by atoms with Crippen LogP contribution in [-0.4, -0.2) is 31.5 Å². The maximum absolute atomic E-state index is 14.0. The number of benzene rings is 1. The molecule has 24 heavy (non-hydrogen) atoms. The lowest BCUT2D eigenvalue weighted by atomic mass is 10.1. The zero-order valence-corrected chi connectivity index (χ0v) is 13.8. The van der Waals surface area contributed by atoms with Crippen LogP contribution in [0.3, 0.4) is 0 Å². The first kappa shape index (κ1) is 16.6. The second-order valence-electron chi connectivity index (χ2n) is 5.61. The third kappa shape index (κ3) is 3.80. The minimum absolute atomic E-state index is 0.0158. The molecule has 0 unspecified atom stereocenters. The predicted molar refractivity (Wildman–Crippen MR) is 89.2 cm³/mol. The van der Waals surface area contributed by atoms with Crippen molar-refractivity contribution in [2.45, 2.75) is 24.2 Å². The Kier molecular flexibility index (Phi) is 4.63. The quantitative estimate of drug-likeness (QED) is 0.874. The van der Waals surface area contributed by atoms with Gasteiger partial charge in [0.15, 0.2) is 11.6 Å². The van der Waals surface area contributed by atoms with Crippen molar-refractivity contribution >= 4 is 27.5 Å². The van der Waals surface area contributed by atoms with Crippen molar-refractivity contribution in [3.8, 4) is 0 Å². The van der Waals surface area contributed by atoms with Crippen molar-refractivity contribution < 1.29 is 12.8 Å². The highest BCUT2D eigenvalue weighted by atomic mass is 32.2. The van der Waals surface area contributed by atoms with Crippen LogP contribution in [-0.2, 0) is 10.0 Å². The summed E-state index contributed by atoms with van der Waals surface area (Å²) in [4.78, 5) is 10.1. The number of primary sulfonamides is 1. The summed E-state index contributed by atoms with van der Waals surface area (Å²) < 4.78 is 36.5. The van der Waals surface area contributed by atoms with E-state index in [0.717, 1.165) is 38.5 Å². The largest absolute Gasteiger partial charge is 0.354 e. The van der Waals surface area contributed by atoms with Crippen molar-refractivity contribution in [1.29, 1.82) is 0 Å². The molecule has 1 aromatic heterocycles. The van der Waals surface area contributed by atoms with Gasteiger partial charge in [0.05, 0.1) is 11.1 Å². The van der Waals surface area contributed by atoms with Gasteiger partial charge in [-0.15, -0.1) is 0 Å². The van der Waals surface area contributed by atoms with Gasteiger partial charge in [0, 0.05) is 18.8 Å². The molecule has 0 aliphatic carbocycles. The van der Waals surface area contributed by atoms with E-state index in [1.54, 1.807) is 12.1 Å². The number of piperidine rings is 1. The Bertz CT molecular complexity index is 820. The zero-order valence-electron chi connectivity index (χ0n) is 12.9. The predicted octanol–water partition coefficient (Wildman–Crippen LogP) is 2.00. The van der Waals surface area contributed by atoms with Crippen molar-refractivity contribution in [2.24, 2.45) is 5.14 Å². The monoisotopic (exact) mass is 351 g/mol. The SMILES string of the molecule is NS(=O)(=O)c1ccc(Nc2ncc(F)c(N3CCCCC3)n2)cc1. The summed E-state index contributed by atoms with van der Waals surface area (Å²) in [5.41, 5.74) is 0.582. The smallest absolute Gasteiger partial charge is 0.238 e. The summed E-state index contributed by atoms with van der Waals surface area (Å²) in [6.45, 7) is 1.55. The molecule has 9 heteroatoms. The Morgan fingerprint density at radius 3 is 2.42 bits per heavy atom. The van der Waals surface area contributed by atoms with Crippen molar-refractivity contribution in [3.05, 3.63) is 36.3 Å². The highest BCUT2D eigenvalue weighted by Gasteiger charge is 2.17. The van der Waals surface area contributed by atoms with E-state index in [1.807, 2.05) is 4.90 Å². The topological polar surface area (TPSA) is 101 Å². The summed E-state index contributed by atoms with van der Waals surface area (Å²) in [6, 6.07) is 5.86. The fourth-order valence-electron chi connectivity index (χ4n) is 2.60. The second-order valence-corrected chi connectivity index (χ2v) is 7.17. The Balaban J connectivity index is 1.80. The van der Waals surface area contributed by atoms with Crippen LogP contribution in [0.1, 0.15) is 19.3 Å². The van der Waals surface area contributed by atoms with Crippen LogP contribution in [0.15, 0.2) is 35.4 Å². The van der Waals surface area contributed by atoms with E-state index in [0.29, 0.717) is 5.69 Å². The number of halogens is 1. The number of sulfonamides is 1. The summed E-state index contributed by atoms with van der Waals surface area (Å²) in [5.74, 6) is 0.0840. The van der Waals surface area contributed by atoms with Crippen molar-refractivity contribution in [2.75, 3.05) is 23.3 Å². The minimum Gasteiger partial charge on any atom is -0.354 e. The van der Waals surface area contributed by atoms with Crippen LogP contribution in [0.5, 0.6) is 0 Å². The van der Waals surface area contributed by atoms with Crippen LogP contribution in [0.4, 0.5) is 21.8 Å². The van der Waals surface area contributed by atoms with Crippen LogP contribution >= 0.6 is 0 Å². The lowest BCUT2D eigenvalue weighted by Gasteiger charge is -2.28. The van der Waals surface area contributed by atoms with Crippen LogP contribution in [0.2, 0.25) is 0 Å². The molecule has 1 aliphatic rings. The van der Waals surface area contributed by atoms with Gasteiger partial charge in [-0.2, -0.15) is 4.98 Å². The van der Waals surface area contributed by atoms with Crippen molar-refractivity contribution in [3.63, 3.8) is 0 Å². The first-order valence-electron chi connectivity index (χ1n) is 7.61. The fourth-order valence-corrected chi connectivity index (χ4v) is 3.12. The van der Waals surface area contributed by atoms with Gasteiger partial charge >= 0.3 is 0 Å². The molecular weight excluding hydrogens is 333 g/mol. The molecule has 0 radical (unpaired) electrons. The number of nitrogens with zero attached hydrogens (tertiary/aromatic N) is 3. The lowest BCUT2D eigenvalue weighted by Crippen LogP contribution is -2.31. The Morgan fingerprint density at radius 2 is 1.79 bits per heavy atom.